The molecule has 3 heteroatoms. The molecule has 20 heavy (non-hydrogen) atoms. The summed E-state index contributed by atoms with van der Waals surface area (Å²) < 4.78 is 5.15. The molecule has 0 aliphatic rings. The van der Waals surface area contributed by atoms with Crippen LogP contribution in [0.2, 0.25) is 0 Å². The second-order valence-corrected chi connectivity index (χ2v) is 7.01. The molecule has 1 rings (SSSR count). The molecule has 0 fully saturated rings. The Hall–Kier alpha value is -1.64. The largest absolute Gasteiger partial charge is 0.460 e. The van der Waals surface area contributed by atoms with Crippen LogP contribution in [-0.2, 0) is 14.9 Å². The van der Waals surface area contributed by atoms with Crippen LogP contribution in [0.1, 0.15) is 63.9 Å². The molecule has 0 saturated heterocycles. The van der Waals surface area contributed by atoms with E-state index in [0.29, 0.717) is 5.56 Å². The zero-order valence-electron chi connectivity index (χ0n) is 13.2. The van der Waals surface area contributed by atoms with Crippen LogP contribution < -0.4 is 0 Å². The first-order valence-electron chi connectivity index (χ1n) is 6.84. The summed E-state index contributed by atoms with van der Waals surface area (Å²) in [7, 11) is 0. The van der Waals surface area contributed by atoms with Gasteiger partial charge in [0, 0.05) is 5.56 Å². The van der Waals surface area contributed by atoms with Gasteiger partial charge in [0.2, 0.25) is 0 Å². The number of ether oxygens (including phenoxy) is 1. The highest BCUT2D eigenvalue weighted by molar-refractivity contribution is 6.06. The molecule has 3 nitrogen and oxygen atoms in total. The standard InChI is InChI=1S/C17H24O3/c1-16(2,3)13-9-7-12(8-10-13)14(18)11-15(19)20-17(4,5)6/h7-10H,11H2,1-6H3. The van der Waals surface area contributed by atoms with Crippen LogP contribution in [0, 0.1) is 0 Å². The zero-order chi connectivity index (χ0) is 15.6. The Labute approximate surface area is 121 Å². The number of esters is 1. The number of benzene rings is 1. The van der Waals surface area contributed by atoms with Crippen molar-refractivity contribution in [2.24, 2.45) is 0 Å². The van der Waals surface area contributed by atoms with E-state index in [0.717, 1.165) is 5.56 Å². The van der Waals surface area contributed by atoms with Gasteiger partial charge in [0.1, 0.15) is 12.0 Å². The predicted molar refractivity (Wildman–Crippen MR) is 79.9 cm³/mol. The highest BCUT2D eigenvalue weighted by Crippen LogP contribution is 2.22. The van der Waals surface area contributed by atoms with Gasteiger partial charge in [-0.1, -0.05) is 45.0 Å². The van der Waals surface area contributed by atoms with Crippen LogP contribution in [-0.4, -0.2) is 17.4 Å². The van der Waals surface area contributed by atoms with Gasteiger partial charge in [-0.05, 0) is 31.7 Å². The Bertz CT molecular complexity index is 484. The van der Waals surface area contributed by atoms with E-state index < -0.39 is 11.6 Å². The number of carbonyl (C=O) groups excluding carboxylic acids is 2. The van der Waals surface area contributed by atoms with Crippen molar-refractivity contribution in [2.45, 2.75) is 59.0 Å². The van der Waals surface area contributed by atoms with Crippen LogP contribution in [0.25, 0.3) is 0 Å². The SMILES string of the molecule is CC(C)(C)OC(=O)CC(=O)c1ccc(C(C)(C)C)cc1. The lowest BCUT2D eigenvalue weighted by Crippen LogP contribution is -2.25. The minimum absolute atomic E-state index is 0.0484. The first-order valence-corrected chi connectivity index (χ1v) is 6.84. The van der Waals surface area contributed by atoms with Gasteiger partial charge in [-0.3, -0.25) is 9.59 Å². The monoisotopic (exact) mass is 276 g/mol. The quantitative estimate of drug-likeness (QED) is 0.478. The molecule has 0 bridgehead atoms. The fourth-order valence-electron chi connectivity index (χ4n) is 1.77. The summed E-state index contributed by atoms with van der Waals surface area (Å²) in [6, 6.07) is 7.41. The average Bonchev–Trinajstić information content (AvgIpc) is 2.25. The Morgan fingerprint density at radius 2 is 1.45 bits per heavy atom. The molecule has 0 spiro atoms. The molecule has 0 aliphatic carbocycles. The van der Waals surface area contributed by atoms with E-state index in [-0.39, 0.29) is 17.6 Å². The maximum Gasteiger partial charge on any atom is 0.314 e. The van der Waals surface area contributed by atoms with Gasteiger partial charge in [0.05, 0.1) is 0 Å². The minimum atomic E-state index is -0.562. The van der Waals surface area contributed by atoms with Crippen LogP contribution >= 0.6 is 0 Å². The van der Waals surface area contributed by atoms with Crippen molar-refractivity contribution in [1.29, 1.82) is 0 Å². The smallest absolute Gasteiger partial charge is 0.314 e. The topological polar surface area (TPSA) is 43.4 Å². The number of rotatable bonds is 3. The van der Waals surface area contributed by atoms with Crippen molar-refractivity contribution in [2.75, 3.05) is 0 Å². The first-order chi connectivity index (χ1) is 8.99. The van der Waals surface area contributed by atoms with Crippen molar-refractivity contribution < 1.29 is 14.3 Å². The fourth-order valence-corrected chi connectivity index (χ4v) is 1.77. The van der Waals surface area contributed by atoms with E-state index in [1.807, 2.05) is 12.1 Å². The highest BCUT2D eigenvalue weighted by atomic mass is 16.6. The second kappa shape index (κ2) is 5.78. The van der Waals surface area contributed by atoms with E-state index in [1.54, 1.807) is 32.9 Å². The normalized spacial score (nSPS) is 12.1. The van der Waals surface area contributed by atoms with Crippen molar-refractivity contribution in [3.63, 3.8) is 0 Å². The Kier molecular flexibility index (Phi) is 4.74. The summed E-state index contributed by atoms with van der Waals surface area (Å²) in [5, 5.41) is 0. The summed E-state index contributed by atoms with van der Waals surface area (Å²) in [4.78, 5) is 23.6. The Morgan fingerprint density at radius 1 is 0.950 bits per heavy atom. The summed E-state index contributed by atoms with van der Waals surface area (Å²) in [5.74, 6) is -0.692. The Balaban J connectivity index is 2.72. The molecule has 110 valence electrons. The molecule has 0 saturated carbocycles. The molecule has 0 aliphatic heterocycles. The molecule has 0 heterocycles. The zero-order valence-corrected chi connectivity index (χ0v) is 13.2. The lowest BCUT2D eigenvalue weighted by Gasteiger charge is -2.20. The third kappa shape index (κ3) is 5.16. The maximum atomic E-state index is 12.0. The summed E-state index contributed by atoms with van der Waals surface area (Å²) in [6.45, 7) is 11.7. The van der Waals surface area contributed by atoms with Crippen molar-refractivity contribution >= 4 is 11.8 Å². The summed E-state index contributed by atoms with van der Waals surface area (Å²) in [5.41, 5.74) is 1.19. The molecule has 0 aromatic heterocycles. The summed E-state index contributed by atoms with van der Waals surface area (Å²) in [6.07, 6.45) is -0.216. The van der Waals surface area contributed by atoms with Crippen molar-refractivity contribution in [3.05, 3.63) is 35.4 Å². The van der Waals surface area contributed by atoms with Gasteiger partial charge >= 0.3 is 5.97 Å². The van der Waals surface area contributed by atoms with E-state index in [9.17, 15) is 9.59 Å². The molecule has 0 amide bonds. The van der Waals surface area contributed by atoms with Crippen molar-refractivity contribution in [1.82, 2.24) is 0 Å². The lowest BCUT2D eigenvalue weighted by atomic mass is 9.86. The number of ketones is 1. The molecular formula is C17H24O3. The summed E-state index contributed by atoms with van der Waals surface area (Å²) >= 11 is 0. The third-order valence-corrected chi connectivity index (χ3v) is 2.80. The van der Waals surface area contributed by atoms with Crippen LogP contribution in [0.5, 0.6) is 0 Å². The second-order valence-electron chi connectivity index (χ2n) is 7.01. The van der Waals surface area contributed by atoms with Gasteiger partial charge < -0.3 is 4.74 Å². The molecule has 0 N–H and O–H groups in total. The van der Waals surface area contributed by atoms with E-state index >= 15 is 0 Å². The fraction of sp³-hybridized carbons (Fsp3) is 0.529. The van der Waals surface area contributed by atoms with Crippen LogP contribution in [0.15, 0.2) is 24.3 Å². The lowest BCUT2D eigenvalue weighted by molar-refractivity contribution is -0.153. The van der Waals surface area contributed by atoms with E-state index in [1.165, 1.54) is 0 Å². The number of hydrogen-bond donors (Lipinski definition) is 0. The third-order valence-electron chi connectivity index (χ3n) is 2.80. The molecule has 0 unspecified atom stereocenters. The molecule has 0 radical (unpaired) electrons. The van der Waals surface area contributed by atoms with Gasteiger partial charge in [0.25, 0.3) is 0 Å². The van der Waals surface area contributed by atoms with Gasteiger partial charge in [-0.15, -0.1) is 0 Å². The molecule has 1 aromatic rings. The highest BCUT2D eigenvalue weighted by Gasteiger charge is 2.20. The Morgan fingerprint density at radius 3 is 1.85 bits per heavy atom. The predicted octanol–water partition coefficient (Wildman–Crippen LogP) is 3.90. The average molecular weight is 276 g/mol. The number of hydrogen-bond acceptors (Lipinski definition) is 3. The molecule has 0 atom stereocenters. The van der Waals surface area contributed by atoms with Crippen LogP contribution in [0.4, 0.5) is 0 Å². The van der Waals surface area contributed by atoms with E-state index in [4.69, 9.17) is 4.74 Å². The minimum Gasteiger partial charge on any atom is -0.460 e. The first kappa shape index (κ1) is 16.4. The van der Waals surface area contributed by atoms with Crippen molar-refractivity contribution in [3.8, 4) is 0 Å². The van der Waals surface area contributed by atoms with Crippen LogP contribution in [0.3, 0.4) is 0 Å². The number of carbonyl (C=O) groups is 2. The molecular weight excluding hydrogens is 252 g/mol. The van der Waals surface area contributed by atoms with Gasteiger partial charge in [-0.25, -0.2) is 0 Å². The molecule has 1 aromatic carbocycles. The number of Topliss-reactive ketones (excluding diaryl/α,β-unsaturated/α-hetero) is 1. The van der Waals surface area contributed by atoms with Gasteiger partial charge in [0.15, 0.2) is 5.78 Å². The van der Waals surface area contributed by atoms with Gasteiger partial charge in [-0.2, -0.15) is 0 Å². The maximum absolute atomic E-state index is 12.0. The van der Waals surface area contributed by atoms with E-state index in [2.05, 4.69) is 20.8 Å².